The molecule has 314 valence electrons. The van der Waals surface area contributed by atoms with Crippen molar-refractivity contribution in [2.75, 3.05) is 19.6 Å². The van der Waals surface area contributed by atoms with Crippen LogP contribution in [0.4, 0.5) is 0 Å². The van der Waals surface area contributed by atoms with Gasteiger partial charge in [0.15, 0.2) is 0 Å². The van der Waals surface area contributed by atoms with Crippen LogP contribution in [0, 0.1) is 33.5 Å². The predicted octanol–water partition coefficient (Wildman–Crippen LogP) is 4.63. The van der Waals surface area contributed by atoms with E-state index in [9.17, 15) is 24.0 Å². The lowest BCUT2D eigenvalue weighted by Crippen LogP contribution is -2.62. The highest BCUT2D eigenvalue weighted by molar-refractivity contribution is 6.38. The maximum absolute atomic E-state index is 15.1. The molecule has 4 saturated carbocycles. The van der Waals surface area contributed by atoms with E-state index in [1.807, 2.05) is 27.7 Å². The molecular weight excluding hydrogens is 709 g/mol. The predicted molar refractivity (Wildman–Crippen MR) is 215 cm³/mol. The fourth-order valence-corrected chi connectivity index (χ4v) is 11.4. The molecule has 5 amide bonds. The summed E-state index contributed by atoms with van der Waals surface area (Å²) in [5, 5.41) is 12.1. The fraction of sp³-hybridized carbons (Fsp3) is 0.864. The molecule has 6 aliphatic rings. The van der Waals surface area contributed by atoms with Gasteiger partial charge < -0.3 is 31.1 Å². The third-order valence-corrected chi connectivity index (χ3v) is 15.4. The SMILES string of the molecule is CCC[C@H](NC(=O)[C@@H]1C[C@@]2(CN1C(=O)[C@@H](NC(=O)[C@@H](NC(=O)[C@@H]1CCCN(C(C)C)C1)C1CCCCC1)C(C)(C)C)C(C)(C)C21CCC1)C(=O)C(=O)NC1CC1. The first-order chi connectivity index (χ1) is 26.4. The van der Waals surface area contributed by atoms with Crippen LogP contribution in [-0.4, -0.2) is 101 Å². The van der Waals surface area contributed by atoms with E-state index in [0.717, 1.165) is 83.6 Å². The summed E-state index contributed by atoms with van der Waals surface area (Å²) in [6, 6.07) is -3.22. The molecule has 12 nitrogen and oxygen atoms in total. The lowest BCUT2D eigenvalue weighted by atomic mass is 9.73. The van der Waals surface area contributed by atoms with Crippen LogP contribution >= 0.6 is 0 Å². The minimum Gasteiger partial charge on any atom is -0.347 e. The van der Waals surface area contributed by atoms with E-state index in [1.54, 1.807) is 4.90 Å². The lowest BCUT2D eigenvalue weighted by Gasteiger charge is -2.39. The van der Waals surface area contributed by atoms with Crippen LogP contribution in [0.25, 0.3) is 0 Å². The molecule has 56 heavy (non-hydrogen) atoms. The zero-order valence-electron chi connectivity index (χ0n) is 35.7. The number of nitrogens with zero attached hydrogens (tertiary/aromatic N) is 2. The monoisotopic (exact) mass is 781 g/mol. The van der Waals surface area contributed by atoms with E-state index in [4.69, 9.17) is 0 Å². The summed E-state index contributed by atoms with van der Waals surface area (Å²) < 4.78 is 0. The lowest BCUT2D eigenvalue weighted by molar-refractivity contribution is -0.145. The Kier molecular flexibility index (Phi) is 12.4. The van der Waals surface area contributed by atoms with Crippen LogP contribution in [0.2, 0.25) is 0 Å². The van der Waals surface area contributed by atoms with Crippen LogP contribution in [0.1, 0.15) is 152 Å². The average Bonchev–Trinajstić information content (AvgIpc) is 3.96. The molecule has 6 fully saturated rings. The second-order valence-electron chi connectivity index (χ2n) is 20.4. The number of carbonyl (C=O) groups excluding carboxylic acids is 6. The molecule has 2 heterocycles. The Morgan fingerprint density at radius 1 is 0.804 bits per heavy atom. The van der Waals surface area contributed by atoms with E-state index in [2.05, 4.69) is 53.9 Å². The third-order valence-electron chi connectivity index (χ3n) is 15.4. The molecule has 6 atom stereocenters. The molecule has 2 spiro atoms. The second-order valence-corrected chi connectivity index (χ2v) is 20.4. The van der Waals surface area contributed by atoms with Crippen LogP contribution in [0.15, 0.2) is 0 Å². The van der Waals surface area contributed by atoms with Crippen LogP contribution in [0.5, 0.6) is 0 Å². The Labute approximate surface area is 335 Å². The molecule has 0 unspecified atom stereocenters. The van der Waals surface area contributed by atoms with Crippen molar-refractivity contribution in [3.63, 3.8) is 0 Å². The van der Waals surface area contributed by atoms with Gasteiger partial charge in [-0.15, -0.1) is 0 Å². The van der Waals surface area contributed by atoms with Gasteiger partial charge in [0.2, 0.25) is 29.4 Å². The first kappa shape index (κ1) is 42.6. The molecular formula is C44H72N6O6. The summed E-state index contributed by atoms with van der Waals surface area (Å²) >= 11 is 0. The van der Waals surface area contributed by atoms with E-state index < -0.39 is 47.2 Å². The quantitative estimate of drug-likeness (QED) is 0.187. The third kappa shape index (κ3) is 8.02. The number of piperidine rings is 1. The molecule has 0 bridgehead atoms. The van der Waals surface area contributed by atoms with Gasteiger partial charge >= 0.3 is 0 Å². The number of fused-ring (bicyclic) bond motifs is 1. The highest BCUT2D eigenvalue weighted by Crippen LogP contribution is 2.88. The molecule has 4 N–H and O–H groups in total. The molecule has 0 aromatic heterocycles. The zero-order chi connectivity index (χ0) is 40.8. The Balaban J connectivity index is 1.24. The van der Waals surface area contributed by atoms with Crippen molar-refractivity contribution in [1.29, 1.82) is 0 Å². The van der Waals surface area contributed by atoms with Crippen molar-refractivity contribution in [2.24, 2.45) is 33.5 Å². The van der Waals surface area contributed by atoms with Gasteiger partial charge in [-0.2, -0.15) is 0 Å². The van der Waals surface area contributed by atoms with E-state index >= 15 is 4.79 Å². The maximum Gasteiger partial charge on any atom is 0.289 e. The first-order valence-corrected chi connectivity index (χ1v) is 22.2. The molecule has 0 radical (unpaired) electrons. The van der Waals surface area contributed by atoms with Gasteiger partial charge in [-0.05, 0) is 107 Å². The summed E-state index contributed by atoms with van der Waals surface area (Å²) in [4.78, 5) is 88.3. The topological polar surface area (TPSA) is 157 Å². The van der Waals surface area contributed by atoms with E-state index in [-0.39, 0.29) is 51.8 Å². The number of likely N-dealkylation sites (tertiary alicyclic amines) is 2. The molecule has 2 saturated heterocycles. The van der Waals surface area contributed by atoms with Gasteiger partial charge in [-0.3, -0.25) is 28.8 Å². The first-order valence-electron chi connectivity index (χ1n) is 22.2. The summed E-state index contributed by atoms with van der Waals surface area (Å²) in [7, 11) is 0. The van der Waals surface area contributed by atoms with Gasteiger partial charge in [-0.25, -0.2) is 0 Å². The number of nitrogens with one attached hydrogen (secondary N) is 4. The number of ketones is 1. The molecule has 0 aromatic rings. The molecule has 12 heteroatoms. The zero-order valence-corrected chi connectivity index (χ0v) is 35.7. The van der Waals surface area contributed by atoms with Gasteiger partial charge in [0.25, 0.3) is 5.91 Å². The number of Topliss-reactive ketones (excluding diaryl/α,β-unsaturated/α-hetero) is 1. The minimum atomic E-state index is -0.987. The summed E-state index contributed by atoms with van der Waals surface area (Å²) in [5.41, 5.74) is -1.04. The van der Waals surface area contributed by atoms with Gasteiger partial charge in [-0.1, -0.05) is 73.6 Å². The maximum atomic E-state index is 15.1. The number of rotatable bonds is 14. The smallest absolute Gasteiger partial charge is 0.289 e. The summed E-state index contributed by atoms with van der Waals surface area (Å²) in [6.45, 7) is 18.5. The normalized spacial score (nSPS) is 28.9. The van der Waals surface area contributed by atoms with Crippen LogP contribution in [-0.2, 0) is 28.8 Å². The van der Waals surface area contributed by atoms with Crippen molar-refractivity contribution in [3.8, 4) is 0 Å². The van der Waals surface area contributed by atoms with Gasteiger partial charge in [0, 0.05) is 30.6 Å². The van der Waals surface area contributed by atoms with Crippen molar-refractivity contribution < 1.29 is 28.8 Å². The summed E-state index contributed by atoms with van der Waals surface area (Å²) in [5.74, 6) is -2.74. The van der Waals surface area contributed by atoms with E-state index in [1.165, 1.54) is 0 Å². The highest BCUT2D eigenvalue weighted by Gasteiger charge is 2.85. The molecule has 6 rings (SSSR count). The van der Waals surface area contributed by atoms with Crippen molar-refractivity contribution in [1.82, 2.24) is 31.1 Å². The number of hydrogen-bond acceptors (Lipinski definition) is 7. The summed E-state index contributed by atoms with van der Waals surface area (Å²) in [6.07, 6.45) is 12.7. The van der Waals surface area contributed by atoms with Crippen LogP contribution < -0.4 is 21.3 Å². The number of hydrogen-bond donors (Lipinski definition) is 4. The van der Waals surface area contributed by atoms with Crippen molar-refractivity contribution in [3.05, 3.63) is 0 Å². The standard InChI is InChI=1S/C44H72N6O6/c1-9-15-31(34(51)39(55)45-30-19-20-30)46-37(53)32-24-44(42(7,8)43(44)21-14-22-43)26-50(32)40(56)35(41(4,5)6)48-38(54)33(28-16-11-10-12-17-28)47-36(52)29-18-13-23-49(25-29)27(2)3/h27-33,35H,9-26H2,1-8H3,(H,45,55)(H,46,53)(H,47,52)(H,48,54)/t29-,31+,32+,33+,35-,44-/m1/s1. The largest absolute Gasteiger partial charge is 0.347 e. The van der Waals surface area contributed by atoms with Gasteiger partial charge in [0.1, 0.15) is 18.1 Å². The van der Waals surface area contributed by atoms with Crippen molar-refractivity contribution >= 4 is 35.3 Å². The second kappa shape index (κ2) is 16.3. The highest BCUT2D eigenvalue weighted by atomic mass is 16.2. The fourth-order valence-electron chi connectivity index (χ4n) is 11.4. The average molecular weight is 781 g/mol. The Morgan fingerprint density at radius 2 is 1.48 bits per heavy atom. The number of carbonyl (C=O) groups is 6. The van der Waals surface area contributed by atoms with E-state index in [0.29, 0.717) is 38.4 Å². The Hall–Kier alpha value is -3.02. The minimum absolute atomic E-state index is 0.0149. The van der Waals surface area contributed by atoms with Gasteiger partial charge in [0.05, 0.1) is 12.0 Å². The molecule has 0 aromatic carbocycles. The Bertz CT molecular complexity index is 1520. The number of amides is 5. The molecule has 2 aliphatic heterocycles. The van der Waals surface area contributed by atoms with Crippen LogP contribution in [0.3, 0.4) is 0 Å². The Morgan fingerprint density at radius 3 is 2.04 bits per heavy atom. The molecule has 4 aliphatic carbocycles. The van der Waals surface area contributed by atoms with Crippen molar-refractivity contribution in [2.45, 2.75) is 188 Å².